The fourth-order valence-corrected chi connectivity index (χ4v) is 2.93. The lowest BCUT2D eigenvalue weighted by Gasteiger charge is -2.08. The SMILES string of the molecule is COC(=O)c1csc(NC(C)c2nc(C)cs2)n1. The number of thiazole rings is 2. The zero-order valence-corrected chi connectivity index (χ0v) is 11.9. The van der Waals surface area contributed by atoms with E-state index >= 15 is 0 Å². The summed E-state index contributed by atoms with van der Waals surface area (Å²) in [6, 6.07) is 0.0698. The van der Waals surface area contributed by atoms with E-state index in [2.05, 4.69) is 20.0 Å². The minimum atomic E-state index is -0.419. The molecule has 2 aromatic rings. The molecule has 0 fully saturated rings. The zero-order chi connectivity index (χ0) is 13.1. The second-order valence-electron chi connectivity index (χ2n) is 3.72. The van der Waals surface area contributed by atoms with Gasteiger partial charge < -0.3 is 10.1 Å². The molecule has 1 unspecified atom stereocenters. The van der Waals surface area contributed by atoms with Gasteiger partial charge in [0.1, 0.15) is 5.01 Å². The molecule has 0 saturated heterocycles. The van der Waals surface area contributed by atoms with Crippen molar-refractivity contribution in [1.82, 2.24) is 9.97 Å². The number of hydrogen-bond acceptors (Lipinski definition) is 7. The van der Waals surface area contributed by atoms with Crippen molar-refractivity contribution in [2.45, 2.75) is 19.9 Å². The van der Waals surface area contributed by atoms with Crippen LogP contribution in [-0.2, 0) is 4.74 Å². The van der Waals surface area contributed by atoms with Gasteiger partial charge in [0, 0.05) is 16.5 Å². The number of aromatic nitrogens is 2. The predicted octanol–water partition coefficient (Wildman–Crippen LogP) is 2.87. The first-order chi connectivity index (χ1) is 8.60. The minimum Gasteiger partial charge on any atom is -0.464 e. The van der Waals surface area contributed by atoms with E-state index in [1.54, 1.807) is 16.7 Å². The normalized spacial score (nSPS) is 12.2. The molecule has 0 amide bonds. The number of aryl methyl sites for hydroxylation is 1. The summed E-state index contributed by atoms with van der Waals surface area (Å²) in [7, 11) is 1.34. The summed E-state index contributed by atoms with van der Waals surface area (Å²) in [4.78, 5) is 19.8. The van der Waals surface area contributed by atoms with Crippen LogP contribution in [0.3, 0.4) is 0 Å². The van der Waals surface area contributed by atoms with E-state index < -0.39 is 5.97 Å². The highest BCUT2D eigenvalue weighted by Crippen LogP contribution is 2.24. The van der Waals surface area contributed by atoms with Gasteiger partial charge in [0.15, 0.2) is 10.8 Å². The molecular formula is C11H13N3O2S2. The molecule has 0 saturated carbocycles. The number of hydrogen-bond donors (Lipinski definition) is 1. The Morgan fingerprint density at radius 2 is 2.17 bits per heavy atom. The Balaban J connectivity index is 2.05. The topological polar surface area (TPSA) is 64.1 Å². The van der Waals surface area contributed by atoms with E-state index in [1.807, 2.05) is 19.2 Å². The molecule has 7 heteroatoms. The predicted molar refractivity (Wildman–Crippen MR) is 72.3 cm³/mol. The van der Waals surface area contributed by atoms with Crippen LogP contribution in [0.25, 0.3) is 0 Å². The smallest absolute Gasteiger partial charge is 0.357 e. The maximum atomic E-state index is 11.3. The molecule has 0 bridgehead atoms. The number of ether oxygens (including phenoxy) is 1. The highest BCUT2D eigenvalue weighted by molar-refractivity contribution is 7.14. The summed E-state index contributed by atoms with van der Waals surface area (Å²) in [5, 5.41) is 8.59. The van der Waals surface area contributed by atoms with Crippen molar-refractivity contribution < 1.29 is 9.53 Å². The van der Waals surface area contributed by atoms with Gasteiger partial charge in [0.05, 0.1) is 13.2 Å². The Morgan fingerprint density at radius 1 is 1.39 bits per heavy atom. The first-order valence-corrected chi connectivity index (χ1v) is 7.08. The van der Waals surface area contributed by atoms with Crippen molar-refractivity contribution in [2.75, 3.05) is 12.4 Å². The van der Waals surface area contributed by atoms with Crippen LogP contribution in [0.2, 0.25) is 0 Å². The van der Waals surface area contributed by atoms with Crippen molar-refractivity contribution in [3.05, 3.63) is 27.2 Å². The fourth-order valence-electron chi connectivity index (χ4n) is 1.36. The number of rotatable bonds is 4. The van der Waals surface area contributed by atoms with E-state index in [0.29, 0.717) is 10.8 Å². The highest BCUT2D eigenvalue weighted by Gasteiger charge is 2.14. The van der Waals surface area contributed by atoms with Crippen molar-refractivity contribution in [3.8, 4) is 0 Å². The molecule has 2 heterocycles. The first kappa shape index (κ1) is 13.0. The Labute approximate surface area is 113 Å². The maximum Gasteiger partial charge on any atom is 0.357 e. The van der Waals surface area contributed by atoms with Gasteiger partial charge in [-0.2, -0.15) is 0 Å². The van der Waals surface area contributed by atoms with E-state index in [-0.39, 0.29) is 6.04 Å². The van der Waals surface area contributed by atoms with Crippen molar-refractivity contribution in [3.63, 3.8) is 0 Å². The molecule has 0 aromatic carbocycles. The van der Waals surface area contributed by atoms with Crippen LogP contribution < -0.4 is 5.32 Å². The van der Waals surface area contributed by atoms with Crippen LogP contribution >= 0.6 is 22.7 Å². The minimum absolute atomic E-state index is 0.0698. The fraction of sp³-hybridized carbons (Fsp3) is 0.364. The van der Waals surface area contributed by atoms with Gasteiger partial charge >= 0.3 is 5.97 Å². The van der Waals surface area contributed by atoms with E-state index in [4.69, 9.17) is 0 Å². The molecule has 0 radical (unpaired) electrons. The van der Waals surface area contributed by atoms with Gasteiger partial charge in [-0.25, -0.2) is 14.8 Å². The molecule has 1 atom stereocenters. The first-order valence-electron chi connectivity index (χ1n) is 5.32. The van der Waals surface area contributed by atoms with Gasteiger partial charge in [-0.15, -0.1) is 22.7 Å². The van der Waals surface area contributed by atoms with Gasteiger partial charge in [-0.3, -0.25) is 0 Å². The third kappa shape index (κ3) is 2.85. The van der Waals surface area contributed by atoms with Gasteiger partial charge in [0.2, 0.25) is 0 Å². The molecule has 0 aliphatic heterocycles. The number of nitrogens with one attached hydrogen (secondary N) is 1. The van der Waals surface area contributed by atoms with Crippen molar-refractivity contribution >= 4 is 33.8 Å². The molecule has 2 aromatic heterocycles. The number of carbonyl (C=O) groups is 1. The molecule has 96 valence electrons. The average molecular weight is 283 g/mol. The second-order valence-corrected chi connectivity index (χ2v) is 5.47. The molecule has 0 spiro atoms. The van der Waals surface area contributed by atoms with Gasteiger partial charge in [0.25, 0.3) is 0 Å². The summed E-state index contributed by atoms with van der Waals surface area (Å²) in [5.74, 6) is -0.419. The Morgan fingerprint density at radius 3 is 2.78 bits per heavy atom. The summed E-state index contributed by atoms with van der Waals surface area (Å²) < 4.78 is 4.61. The molecule has 0 aliphatic carbocycles. The Hall–Kier alpha value is -1.47. The zero-order valence-electron chi connectivity index (χ0n) is 10.3. The molecule has 1 N–H and O–H groups in total. The van der Waals surface area contributed by atoms with Crippen LogP contribution in [0, 0.1) is 6.92 Å². The monoisotopic (exact) mass is 283 g/mol. The third-order valence-corrected chi connectivity index (χ3v) is 4.16. The average Bonchev–Trinajstić information content (AvgIpc) is 2.97. The lowest BCUT2D eigenvalue weighted by Crippen LogP contribution is -2.07. The van der Waals surface area contributed by atoms with E-state index in [9.17, 15) is 4.79 Å². The molecular weight excluding hydrogens is 270 g/mol. The van der Waals surface area contributed by atoms with Crippen LogP contribution in [0.4, 0.5) is 5.13 Å². The van der Waals surface area contributed by atoms with Crippen LogP contribution in [0.15, 0.2) is 10.8 Å². The maximum absolute atomic E-state index is 11.3. The number of esters is 1. The molecule has 0 aliphatic rings. The second kappa shape index (κ2) is 5.45. The van der Waals surface area contributed by atoms with Crippen molar-refractivity contribution in [2.24, 2.45) is 0 Å². The van der Waals surface area contributed by atoms with Gasteiger partial charge in [-0.1, -0.05) is 0 Å². The quantitative estimate of drug-likeness (QED) is 0.874. The summed E-state index contributed by atoms with van der Waals surface area (Å²) in [6.45, 7) is 3.98. The highest BCUT2D eigenvalue weighted by atomic mass is 32.1. The van der Waals surface area contributed by atoms with E-state index in [1.165, 1.54) is 18.4 Å². The lowest BCUT2D eigenvalue weighted by molar-refractivity contribution is 0.0595. The summed E-state index contributed by atoms with van der Waals surface area (Å²) in [6.07, 6.45) is 0. The van der Waals surface area contributed by atoms with Crippen LogP contribution in [0.1, 0.15) is 34.2 Å². The largest absolute Gasteiger partial charge is 0.464 e. The molecule has 5 nitrogen and oxygen atoms in total. The van der Waals surface area contributed by atoms with Crippen LogP contribution in [0.5, 0.6) is 0 Å². The third-order valence-electron chi connectivity index (χ3n) is 2.25. The summed E-state index contributed by atoms with van der Waals surface area (Å²) >= 11 is 2.98. The summed E-state index contributed by atoms with van der Waals surface area (Å²) in [5.41, 5.74) is 1.34. The van der Waals surface area contributed by atoms with Crippen LogP contribution in [-0.4, -0.2) is 23.0 Å². The Kier molecular flexibility index (Phi) is 3.93. The molecule has 18 heavy (non-hydrogen) atoms. The Bertz CT molecular complexity index is 550. The molecule has 2 rings (SSSR count). The number of methoxy groups -OCH3 is 1. The van der Waals surface area contributed by atoms with Crippen molar-refractivity contribution in [1.29, 1.82) is 0 Å². The van der Waals surface area contributed by atoms with Gasteiger partial charge in [-0.05, 0) is 13.8 Å². The standard InChI is InChI=1S/C11H13N3O2S2/c1-6-4-17-9(12-6)7(2)13-11-14-8(5-18-11)10(15)16-3/h4-5,7H,1-3H3,(H,13,14). The lowest BCUT2D eigenvalue weighted by atomic mass is 10.3. The number of carbonyl (C=O) groups excluding carboxylic acids is 1. The number of anilines is 1. The number of nitrogens with zero attached hydrogens (tertiary/aromatic N) is 2. The van der Waals surface area contributed by atoms with E-state index in [0.717, 1.165) is 10.7 Å².